The average Bonchev–Trinajstić information content (AvgIpc) is 3.44. The van der Waals surface area contributed by atoms with E-state index in [0.717, 1.165) is 5.56 Å². The van der Waals surface area contributed by atoms with E-state index in [9.17, 15) is 14.9 Å². The van der Waals surface area contributed by atoms with Crippen LogP contribution in [0.4, 0.5) is 10.5 Å². The number of anilines is 1. The lowest BCUT2D eigenvalue weighted by Crippen LogP contribution is -2.52. The van der Waals surface area contributed by atoms with Crippen LogP contribution >= 0.6 is 0 Å². The predicted octanol–water partition coefficient (Wildman–Crippen LogP) is 1.91. The fourth-order valence-corrected chi connectivity index (χ4v) is 4.26. The van der Waals surface area contributed by atoms with E-state index >= 15 is 0 Å². The van der Waals surface area contributed by atoms with Gasteiger partial charge in [-0.05, 0) is 25.0 Å². The number of ether oxygens (including phenoxy) is 1. The van der Waals surface area contributed by atoms with Crippen LogP contribution in [0.3, 0.4) is 0 Å². The number of amides is 3. The summed E-state index contributed by atoms with van der Waals surface area (Å²) in [5.41, 5.74) is 2.23. The molecule has 0 unspecified atom stereocenters. The Labute approximate surface area is 171 Å². The van der Waals surface area contributed by atoms with Gasteiger partial charge in [0.2, 0.25) is 5.91 Å². The molecule has 1 saturated carbocycles. The second kappa shape index (κ2) is 6.46. The zero-order valence-corrected chi connectivity index (χ0v) is 15.8. The molecule has 9 nitrogen and oxygen atoms in total. The first kappa shape index (κ1) is 18.0. The fourth-order valence-electron chi connectivity index (χ4n) is 4.26. The van der Waals surface area contributed by atoms with Crippen LogP contribution in [0.2, 0.25) is 0 Å². The van der Waals surface area contributed by atoms with Gasteiger partial charge in [-0.2, -0.15) is 10.5 Å². The molecule has 3 aliphatic rings. The van der Waals surface area contributed by atoms with E-state index in [4.69, 9.17) is 10.00 Å². The quantitative estimate of drug-likeness (QED) is 0.809. The van der Waals surface area contributed by atoms with Crippen LogP contribution in [0.1, 0.15) is 41.3 Å². The average molecular weight is 400 g/mol. The van der Waals surface area contributed by atoms with Crippen LogP contribution in [0.15, 0.2) is 30.5 Å². The number of rotatable bonds is 3. The molecular formula is C21H16N6O3. The van der Waals surface area contributed by atoms with E-state index in [-0.39, 0.29) is 25.1 Å². The Morgan fingerprint density at radius 2 is 2.20 bits per heavy atom. The first-order valence-electron chi connectivity index (χ1n) is 9.50. The predicted molar refractivity (Wildman–Crippen MR) is 103 cm³/mol. The summed E-state index contributed by atoms with van der Waals surface area (Å²) in [4.78, 5) is 31.3. The first-order chi connectivity index (χ1) is 14.6. The van der Waals surface area contributed by atoms with Crippen molar-refractivity contribution in [3.05, 3.63) is 52.8 Å². The van der Waals surface area contributed by atoms with E-state index in [1.807, 2.05) is 6.07 Å². The van der Waals surface area contributed by atoms with Crippen molar-refractivity contribution < 1.29 is 14.3 Å². The fraction of sp³-hybridized carbons (Fsp3) is 0.286. The number of pyridine rings is 1. The SMILES string of the molecule is N#Cc1cnc2c(c1)OC[C@@H]2NC(=O)CN1C(=O)Nc2cccc(C#N)c2C12CC2. The van der Waals surface area contributed by atoms with Gasteiger partial charge >= 0.3 is 6.03 Å². The summed E-state index contributed by atoms with van der Waals surface area (Å²) in [7, 11) is 0. The van der Waals surface area contributed by atoms with E-state index in [1.165, 1.54) is 11.1 Å². The maximum atomic E-state index is 12.8. The number of benzene rings is 1. The Morgan fingerprint density at radius 3 is 2.93 bits per heavy atom. The van der Waals surface area contributed by atoms with Crippen LogP contribution < -0.4 is 15.4 Å². The molecule has 2 aliphatic heterocycles. The molecule has 1 aromatic carbocycles. The molecule has 2 aromatic rings. The van der Waals surface area contributed by atoms with Crippen LogP contribution in [0.25, 0.3) is 0 Å². The van der Waals surface area contributed by atoms with Gasteiger partial charge in [0.1, 0.15) is 36.7 Å². The highest BCUT2D eigenvalue weighted by atomic mass is 16.5. The van der Waals surface area contributed by atoms with Crippen molar-refractivity contribution in [3.63, 3.8) is 0 Å². The van der Waals surface area contributed by atoms with Gasteiger partial charge in [0.15, 0.2) is 0 Å². The molecule has 0 saturated heterocycles. The van der Waals surface area contributed by atoms with Crippen LogP contribution in [0, 0.1) is 22.7 Å². The van der Waals surface area contributed by atoms with Gasteiger partial charge in [-0.3, -0.25) is 9.78 Å². The van der Waals surface area contributed by atoms with Crippen molar-refractivity contribution in [2.45, 2.75) is 24.4 Å². The molecule has 0 bridgehead atoms. The number of hydrogen-bond acceptors (Lipinski definition) is 6. The lowest BCUT2D eigenvalue weighted by Gasteiger charge is -2.38. The molecule has 9 heteroatoms. The highest BCUT2D eigenvalue weighted by Gasteiger charge is 2.56. The number of aromatic nitrogens is 1. The largest absolute Gasteiger partial charge is 0.489 e. The monoisotopic (exact) mass is 400 g/mol. The second-order valence-corrected chi connectivity index (χ2v) is 7.54. The second-order valence-electron chi connectivity index (χ2n) is 7.54. The number of nitriles is 2. The molecule has 30 heavy (non-hydrogen) atoms. The molecule has 1 aliphatic carbocycles. The van der Waals surface area contributed by atoms with Crippen molar-refractivity contribution in [1.82, 2.24) is 15.2 Å². The summed E-state index contributed by atoms with van der Waals surface area (Å²) in [6, 6.07) is 10.2. The zero-order valence-electron chi connectivity index (χ0n) is 15.8. The van der Waals surface area contributed by atoms with Gasteiger partial charge in [-0.1, -0.05) is 6.07 Å². The van der Waals surface area contributed by atoms with E-state index < -0.39 is 11.6 Å². The minimum atomic E-state index is -0.620. The first-order valence-corrected chi connectivity index (χ1v) is 9.50. The van der Waals surface area contributed by atoms with Gasteiger partial charge in [0.05, 0.1) is 22.7 Å². The molecule has 1 aromatic heterocycles. The molecule has 3 amide bonds. The van der Waals surface area contributed by atoms with Crippen molar-refractivity contribution in [2.24, 2.45) is 0 Å². The molecular weight excluding hydrogens is 384 g/mol. The smallest absolute Gasteiger partial charge is 0.323 e. The summed E-state index contributed by atoms with van der Waals surface area (Å²) >= 11 is 0. The summed E-state index contributed by atoms with van der Waals surface area (Å²) in [6.07, 6.45) is 2.84. The van der Waals surface area contributed by atoms with Crippen LogP contribution in [-0.4, -0.2) is 35.0 Å². The highest BCUT2D eigenvalue weighted by molar-refractivity contribution is 5.97. The van der Waals surface area contributed by atoms with Gasteiger partial charge < -0.3 is 20.3 Å². The third-order valence-corrected chi connectivity index (χ3v) is 5.76. The Kier molecular flexibility index (Phi) is 3.87. The topological polar surface area (TPSA) is 131 Å². The Morgan fingerprint density at radius 1 is 1.37 bits per heavy atom. The molecule has 0 radical (unpaired) electrons. The normalized spacial score (nSPS) is 19.6. The van der Waals surface area contributed by atoms with Crippen molar-refractivity contribution >= 4 is 17.6 Å². The number of nitrogens with zero attached hydrogens (tertiary/aromatic N) is 4. The summed E-state index contributed by atoms with van der Waals surface area (Å²) in [5.74, 6) is 0.128. The molecule has 148 valence electrons. The Hall–Kier alpha value is -4.11. The van der Waals surface area contributed by atoms with Crippen molar-refractivity contribution in [2.75, 3.05) is 18.5 Å². The van der Waals surface area contributed by atoms with Gasteiger partial charge in [-0.15, -0.1) is 0 Å². The van der Waals surface area contributed by atoms with E-state index in [1.54, 1.807) is 24.3 Å². The number of urea groups is 1. The number of hydrogen-bond donors (Lipinski definition) is 2. The van der Waals surface area contributed by atoms with Gasteiger partial charge in [-0.25, -0.2) is 4.79 Å². The molecule has 1 fully saturated rings. The number of carbonyl (C=O) groups excluding carboxylic acids is 2. The zero-order chi connectivity index (χ0) is 20.9. The Balaban J connectivity index is 1.36. The van der Waals surface area contributed by atoms with E-state index in [0.29, 0.717) is 41.1 Å². The highest BCUT2D eigenvalue weighted by Crippen LogP contribution is 2.56. The van der Waals surface area contributed by atoms with Gasteiger partial charge in [0, 0.05) is 23.5 Å². The standard InChI is InChI=1S/C21H16N6O3/c22-7-12-6-16-19(24-9-12)15(11-30-16)25-17(28)10-27-20(29)26-14-3-1-2-13(8-23)18(14)21(27)4-5-21/h1-3,6,9,15H,4-5,10-11H2,(H,25,28)(H,26,29)/t15-/m0/s1. The molecule has 5 rings (SSSR count). The molecule has 1 atom stereocenters. The summed E-state index contributed by atoms with van der Waals surface area (Å²) < 4.78 is 5.54. The third kappa shape index (κ3) is 2.64. The minimum Gasteiger partial charge on any atom is -0.489 e. The summed E-state index contributed by atoms with van der Waals surface area (Å²) in [5, 5.41) is 24.1. The van der Waals surface area contributed by atoms with Crippen LogP contribution in [-0.2, 0) is 10.3 Å². The number of fused-ring (bicyclic) bond motifs is 3. The maximum absolute atomic E-state index is 12.8. The molecule has 2 N–H and O–H groups in total. The number of nitrogens with one attached hydrogen (secondary N) is 2. The molecule has 1 spiro atoms. The van der Waals surface area contributed by atoms with E-state index in [2.05, 4.69) is 21.7 Å². The van der Waals surface area contributed by atoms with Crippen molar-refractivity contribution in [1.29, 1.82) is 10.5 Å². The number of carbonyl (C=O) groups is 2. The lowest BCUT2D eigenvalue weighted by molar-refractivity contribution is -0.123. The van der Waals surface area contributed by atoms with Gasteiger partial charge in [0.25, 0.3) is 0 Å². The minimum absolute atomic E-state index is 0.146. The lowest BCUT2D eigenvalue weighted by atomic mass is 9.93. The third-order valence-electron chi connectivity index (χ3n) is 5.76. The molecule has 3 heterocycles. The van der Waals surface area contributed by atoms with Crippen molar-refractivity contribution in [3.8, 4) is 17.9 Å². The van der Waals surface area contributed by atoms with Crippen LogP contribution in [0.5, 0.6) is 5.75 Å². The summed E-state index contributed by atoms with van der Waals surface area (Å²) in [6.45, 7) is 0.0643. The maximum Gasteiger partial charge on any atom is 0.323 e. The Bertz CT molecular complexity index is 1170.